The molecule has 0 unspecified atom stereocenters. The number of likely N-dealkylation sites (N-methyl/N-ethyl adjacent to an activating group) is 1. The second kappa shape index (κ2) is 17.0. The van der Waals surface area contributed by atoms with Crippen molar-refractivity contribution in [1.29, 1.82) is 0 Å². The molecule has 2 amide bonds. The van der Waals surface area contributed by atoms with Gasteiger partial charge in [-0.2, -0.15) is 0 Å². The van der Waals surface area contributed by atoms with Crippen LogP contribution in [0.25, 0.3) is 6.08 Å². The predicted molar refractivity (Wildman–Crippen MR) is 179 cm³/mol. The van der Waals surface area contributed by atoms with Crippen LogP contribution in [0.15, 0.2) is 60.7 Å². The number of halogens is 4. The maximum Gasteiger partial charge on any atom is 0.255 e. The third-order valence-electron chi connectivity index (χ3n) is 6.81. The molecule has 3 aromatic carbocycles. The van der Waals surface area contributed by atoms with Gasteiger partial charge in [0, 0.05) is 53.9 Å². The monoisotopic (exact) mass is 663 g/mol. The van der Waals surface area contributed by atoms with Crippen molar-refractivity contribution in [1.82, 2.24) is 14.7 Å². The van der Waals surface area contributed by atoms with E-state index in [1.807, 2.05) is 63.2 Å². The highest BCUT2D eigenvalue weighted by molar-refractivity contribution is 6.35. The first-order chi connectivity index (χ1) is 20.4. The van der Waals surface area contributed by atoms with Crippen LogP contribution in [0.4, 0.5) is 0 Å². The summed E-state index contributed by atoms with van der Waals surface area (Å²) in [5.74, 6) is -0.213. The molecule has 0 aliphatic carbocycles. The molecule has 43 heavy (non-hydrogen) atoms. The summed E-state index contributed by atoms with van der Waals surface area (Å²) in [6, 6.07) is 16.5. The van der Waals surface area contributed by atoms with Crippen molar-refractivity contribution in [3.05, 3.63) is 109 Å². The van der Waals surface area contributed by atoms with Crippen LogP contribution >= 0.6 is 46.4 Å². The third kappa shape index (κ3) is 11.1. The van der Waals surface area contributed by atoms with E-state index < -0.39 is 0 Å². The SMILES string of the molecule is Cc1ccc(CN(CCN(C)C)C(=O)c2ccc(/C=C/C(=O)N3CCOCC3)cc2Cl)cc1Cl.Cc1ccc(Cl)cc1Cl. The standard InChI is InChI=1S/C26H31Cl2N3O3.C7H6Cl2/c1-19-4-5-21(17-23(19)27)18-31(11-10-29(2)3)26(33)22-8-6-20(16-24(22)28)7-9-25(32)30-12-14-34-15-13-30;1-5-2-3-6(8)4-7(5)9/h4-9,16-17H,10-15,18H2,1-3H3;2-4H,1H3/b9-7+;. The lowest BCUT2D eigenvalue weighted by Gasteiger charge is -2.25. The lowest BCUT2D eigenvalue weighted by Crippen LogP contribution is -2.39. The molecule has 3 aromatic rings. The zero-order chi connectivity index (χ0) is 31.5. The molecular weight excluding hydrogens is 628 g/mol. The summed E-state index contributed by atoms with van der Waals surface area (Å²) >= 11 is 24.2. The number of benzene rings is 3. The van der Waals surface area contributed by atoms with Crippen molar-refractivity contribution in [2.24, 2.45) is 0 Å². The number of rotatable bonds is 8. The van der Waals surface area contributed by atoms with Gasteiger partial charge in [-0.05, 0) is 86.6 Å². The van der Waals surface area contributed by atoms with E-state index >= 15 is 0 Å². The number of morpholine rings is 1. The van der Waals surface area contributed by atoms with Gasteiger partial charge in [-0.1, -0.05) is 70.7 Å². The van der Waals surface area contributed by atoms with Gasteiger partial charge in [-0.3, -0.25) is 9.59 Å². The molecule has 0 bridgehead atoms. The molecule has 1 saturated heterocycles. The molecule has 1 fully saturated rings. The molecule has 6 nitrogen and oxygen atoms in total. The molecule has 10 heteroatoms. The fourth-order valence-electron chi connectivity index (χ4n) is 4.13. The molecule has 230 valence electrons. The minimum Gasteiger partial charge on any atom is -0.378 e. The van der Waals surface area contributed by atoms with Gasteiger partial charge < -0.3 is 19.4 Å². The molecule has 0 aromatic heterocycles. The second-order valence-electron chi connectivity index (χ2n) is 10.5. The summed E-state index contributed by atoms with van der Waals surface area (Å²) < 4.78 is 5.28. The number of carbonyl (C=O) groups excluding carboxylic acids is 2. The fraction of sp³-hybridized carbons (Fsp3) is 0.333. The normalized spacial score (nSPS) is 13.2. The van der Waals surface area contributed by atoms with E-state index in [0.29, 0.717) is 66.6 Å². The Morgan fingerprint density at radius 1 is 0.837 bits per heavy atom. The van der Waals surface area contributed by atoms with Gasteiger partial charge >= 0.3 is 0 Å². The van der Waals surface area contributed by atoms with Crippen LogP contribution in [0, 0.1) is 13.8 Å². The minimum atomic E-state index is -0.150. The Balaban J connectivity index is 0.000000480. The zero-order valence-electron chi connectivity index (χ0n) is 24.9. The number of hydrogen-bond donors (Lipinski definition) is 0. The summed E-state index contributed by atoms with van der Waals surface area (Å²) in [4.78, 5) is 31.3. The number of carbonyl (C=O) groups is 2. The highest BCUT2D eigenvalue weighted by atomic mass is 35.5. The van der Waals surface area contributed by atoms with Crippen LogP contribution in [0.5, 0.6) is 0 Å². The molecule has 4 rings (SSSR count). The van der Waals surface area contributed by atoms with Gasteiger partial charge in [0.2, 0.25) is 5.91 Å². The maximum absolute atomic E-state index is 13.4. The van der Waals surface area contributed by atoms with Crippen LogP contribution in [-0.2, 0) is 16.1 Å². The Morgan fingerprint density at radius 3 is 2.07 bits per heavy atom. The van der Waals surface area contributed by atoms with E-state index in [1.165, 1.54) is 6.08 Å². The Labute approximate surface area is 274 Å². The van der Waals surface area contributed by atoms with Gasteiger partial charge in [0.15, 0.2) is 0 Å². The topological polar surface area (TPSA) is 53.1 Å². The quantitative estimate of drug-likeness (QED) is 0.232. The van der Waals surface area contributed by atoms with E-state index in [1.54, 1.807) is 40.1 Å². The second-order valence-corrected chi connectivity index (χ2v) is 12.2. The molecule has 0 atom stereocenters. The van der Waals surface area contributed by atoms with Crippen molar-refractivity contribution in [2.45, 2.75) is 20.4 Å². The van der Waals surface area contributed by atoms with E-state index in [2.05, 4.69) is 0 Å². The van der Waals surface area contributed by atoms with Gasteiger partial charge in [-0.25, -0.2) is 0 Å². The Hall–Kier alpha value is -2.58. The summed E-state index contributed by atoms with van der Waals surface area (Å²) in [7, 11) is 3.94. The highest BCUT2D eigenvalue weighted by Gasteiger charge is 2.20. The predicted octanol–water partition coefficient (Wildman–Crippen LogP) is 7.68. The van der Waals surface area contributed by atoms with Crippen LogP contribution < -0.4 is 0 Å². The van der Waals surface area contributed by atoms with Crippen molar-refractivity contribution in [3.63, 3.8) is 0 Å². The third-order valence-corrected chi connectivity index (χ3v) is 8.17. The fourth-order valence-corrected chi connectivity index (χ4v) is 5.01. The van der Waals surface area contributed by atoms with Crippen molar-refractivity contribution in [3.8, 4) is 0 Å². The Bertz CT molecular complexity index is 1440. The van der Waals surface area contributed by atoms with Crippen molar-refractivity contribution in [2.75, 3.05) is 53.5 Å². The average molecular weight is 665 g/mol. The number of hydrogen-bond acceptors (Lipinski definition) is 4. The van der Waals surface area contributed by atoms with Crippen LogP contribution in [0.2, 0.25) is 20.1 Å². The van der Waals surface area contributed by atoms with Gasteiger partial charge in [-0.15, -0.1) is 0 Å². The molecular formula is C33H37Cl4N3O3. The first-order valence-electron chi connectivity index (χ1n) is 13.9. The molecule has 0 radical (unpaired) electrons. The minimum absolute atomic E-state index is 0.0637. The first-order valence-corrected chi connectivity index (χ1v) is 15.4. The van der Waals surface area contributed by atoms with Gasteiger partial charge in [0.05, 0.1) is 23.8 Å². The summed E-state index contributed by atoms with van der Waals surface area (Å²) in [6.07, 6.45) is 3.25. The molecule has 0 N–H and O–H groups in total. The molecule has 1 heterocycles. The number of ether oxygens (including phenoxy) is 1. The molecule has 1 aliphatic rings. The Kier molecular flexibility index (Phi) is 13.8. The van der Waals surface area contributed by atoms with Gasteiger partial charge in [0.25, 0.3) is 5.91 Å². The number of amides is 2. The summed E-state index contributed by atoms with van der Waals surface area (Å²) in [6.45, 7) is 7.88. The molecule has 0 spiro atoms. The van der Waals surface area contributed by atoms with Crippen LogP contribution in [-0.4, -0.2) is 80.0 Å². The lowest BCUT2D eigenvalue weighted by atomic mass is 10.1. The lowest BCUT2D eigenvalue weighted by molar-refractivity contribution is -0.129. The number of nitrogens with zero attached hydrogens (tertiary/aromatic N) is 3. The summed E-state index contributed by atoms with van der Waals surface area (Å²) in [5, 5.41) is 2.44. The Morgan fingerprint density at radius 2 is 1.49 bits per heavy atom. The van der Waals surface area contributed by atoms with Crippen LogP contribution in [0.1, 0.15) is 32.6 Å². The van der Waals surface area contributed by atoms with Gasteiger partial charge in [0.1, 0.15) is 0 Å². The highest BCUT2D eigenvalue weighted by Crippen LogP contribution is 2.23. The van der Waals surface area contributed by atoms with Crippen LogP contribution in [0.3, 0.4) is 0 Å². The summed E-state index contributed by atoms with van der Waals surface area (Å²) in [5.41, 5.74) is 4.19. The van der Waals surface area contributed by atoms with E-state index in [-0.39, 0.29) is 11.8 Å². The molecule has 0 saturated carbocycles. The zero-order valence-corrected chi connectivity index (χ0v) is 27.9. The van der Waals surface area contributed by atoms with Crippen molar-refractivity contribution >= 4 is 64.3 Å². The first kappa shape index (κ1) is 34.9. The maximum atomic E-state index is 13.4. The van der Waals surface area contributed by atoms with E-state index in [4.69, 9.17) is 51.1 Å². The average Bonchev–Trinajstić information content (AvgIpc) is 2.98. The number of aryl methyl sites for hydroxylation is 2. The molecule has 1 aliphatic heterocycles. The smallest absolute Gasteiger partial charge is 0.255 e. The van der Waals surface area contributed by atoms with E-state index in [9.17, 15) is 9.59 Å². The van der Waals surface area contributed by atoms with Crippen molar-refractivity contribution < 1.29 is 14.3 Å². The largest absolute Gasteiger partial charge is 0.378 e. The van der Waals surface area contributed by atoms with E-state index in [0.717, 1.165) is 27.3 Å².